The van der Waals surface area contributed by atoms with Gasteiger partial charge in [-0.2, -0.15) is 9.97 Å². The second-order valence-electron chi connectivity index (χ2n) is 11.2. The van der Waals surface area contributed by atoms with Crippen molar-refractivity contribution in [3.8, 4) is 6.01 Å². The number of nitrogens with one attached hydrogen (secondary N) is 2. The molecule has 2 fully saturated rings. The van der Waals surface area contributed by atoms with E-state index in [0.29, 0.717) is 5.56 Å². The van der Waals surface area contributed by atoms with Gasteiger partial charge in [0.2, 0.25) is 0 Å². The lowest BCUT2D eigenvalue weighted by molar-refractivity contribution is -0.342. The molecule has 0 bridgehead atoms. The van der Waals surface area contributed by atoms with E-state index < -0.39 is 86.2 Å². The minimum atomic E-state index is -1.81. The fourth-order valence-corrected chi connectivity index (χ4v) is 5.32. The third-order valence-corrected chi connectivity index (χ3v) is 7.98. The van der Waals surface area contributed by atoms with Crippen molar-refractivity contribution in [2.75, 3.05) is 39.3 Å². The van der Waals surface area contributed by atoms with Gasteiger partial charge in [0.05, 0.1) is 26.4 Å². The summed E-state index contributed by atoms with van der Waals surface area (Å²) in [5, 5.41) is 73.6. The first kappa shape index (κ1) is 35.5. The summed E-state index contributed by atoms with van der Waals surface area (Å²) in [5.74, 6) is -0.701. The Morgan fingerprint density at radius 3 is 2.33 bits per heavy atom. The van der Waals surface area contributed by atoms with Crippen molar-refractivity contribution < 1.29 is 64.2 Å². The molecule has 20 heteroatoms. The van der Waals surface area contributed by atoms with Gasteiger partial charge >= 0.3 is 11.7 Å². The molecule has 2 aliphatic heterocycles. The number of rotatable bonds is 12. The Morgan fingerprint density at radius 1 is 0.958 bits per heavy atom. The number of anilines is 1. The molecule has 11 N–H and O–H groups in total. The Kier molecular flexibility index (Phi) is 11.2. The number of aromatic amines is 1. The number of nitrogens with two attached hydrogens (primary N) is 1. The van der Waals surface area contributed by atoms with Gasteiger partial charge < -0.3 is 75.5 Å². The van der Waals surface area contributed by atoms with Crippen molar-refractivity contribution in [3.63, 3.8) is 0 Å². The van der Waals surface area contributed by atoms with Crippen molar-refractivity contribution in [1.29, 1.82) is 0 Å². The van der Waals surface area contributed by atoms with E-state index in [1.807, 2.05) is 0 Å². The van der Waals surface area contributed by atoms with Crippen molar-refractivity contribution >= 4 is 22.9 Å². The number of aromatic nitrogens is 4. The fourth-order valence-electron chi connectivity index (χ4n) is 5.32. The third-order valence-electron chi connectivity index (χ3n) is 7.98. The fraction of sp³-hybridized carbons (Fsp3) is 0.571. The number of amides is 1. The minimum absolute atomic E-state index is 0.0164. The van der Waals surface area contributed by atoms with E-state index in [4.69, 9.17) is 29.4 Å². The summed E-state index contributed by atoms with van der Waals surface area (Å²) in [6.45, 7) is -1.00. The summed E-state index contributed by atoms with van der Waals surface area (Å²) in [5.41, 5.74) is 6.63. The van der Waals surface area contributed by atoms with E-state index >= 15 is 0 Å². The molecule has 4 heterocycles. The number of ether oxygens (including phenoxy) is 5. The van der Waals surface area contributed by atoms with Crippen molar-refractivity contribution in [2.24, 2.45) is 0 Å². The van der Waals surface area contributed by atoms with Gasteiger partial charge in [-0.3, -0.25) is 9.36 Å². The smallest absolute Gasteiger partial charge is 0.328 e. The molecule has 2 aliphatic rings. The van der Waals surface area contributed by atoms with Crippen LogP contribution in [0.1, 0.15) is 15.9 Å². The second kappa shape index (κ2) is 15.2. The number of benzene rings is 1. The minimum Gasteiger partial charge on any atom is -0.461 e. The van der Waals surface area contributed by atoms with E-state index in [-0.39, 0.29) is 48.3 Å². The number of carbonyl (C=O) groups is 1. The van der Waals surface area contributed by atoms with Gasteiger partial charge in [0.25, 0.3) is 5.91 Å². The van der Waals surface area contributed by atoms with Crippen LogP contribution in [0, 0.1) is 0 Å². The lowest BCUT2D eigenvalue weighted by atomic mass is 9.96. The zero-order valence-electron chi connectivity index (χ0n) is 25.5. The normalized spacial score (nSPS) is 30.8. The molecule has 2 saturated heterocycles. The summed E-state index contributed by atoms with van der Waals surface area (Å²) in [4.78, 5) is 36.7. The van der Waals surface area contributed by atoms with Crippen LogP contribution in [-0.2, 0) is 25.5 Å². The van der Waals surface area contributed by atoms with Gasteiger partial charge in [-0.25, -0.2) is 4.79 Å². The molecule has 1 unspecified atom stereocenters. The monoisotopic (exact) mass is 682 g/mol. The summed E-state index contributed by atoms with van der Waals surface area (Å²) in [6.07, 6.45) is -16.2. The van der Waals surface area contributed by atoms with E-state index in [1.165, 1.54) is 23.8 Å². The van der Waals surface area contributed by atoms with Crippen LogP contribution in [-0.4, -0.2) is 156 Å². The highest BCUT2D eigenvalue weighted by Crippen LogP contribution is 2.29. The predicted molar refractivity (Wildman–Crippen MR) is 159 cm³/mol. The molecule has 3 aromatic rings. The highest BCUT2D eigenvalue weighted by atomic mass is 16.7. The maximum absolute atomic E-state index is 13.1. The molecular formula is C28H38N6O14. The highest BCUT2D eigenvalue weighted by molar-refractivity contribution is 5.94. The number of aliphatic hydroxyl groups excluding tert-OH is 7. The number of fused-ring (bicyclic) bond motifs is 1. The van der Waals surface area contributed by atoms with Crippen LogP contribution in [0.3, 0.4) is 0 Å². The molecule has 2 aromatic heterocycles. The molecule has 0 saturated carbocycles. The number of carbonyl (C=O) groups excluding carboxylic acids is 1. The Morgan fingerprint density at radius 2 is 1.67 bits per heavy atom. The van der Waals surface area contributed by atoms with E-state index in [9.17, 15) is 45.3 Å². The Balaban J connectivity index is 1.24. The van der Waals surface area contributed by atoms with Gasteiger partial charge in [-0.1, -0.05) is 12.1 Å². The molecule has 0 spiro atoms. The quantitative estimate of drug-likeness (QED) is 0.0801. The zero-order chi connectivity index (χ0) is 34.7. The standard InChI is InChI=1S/C28H38N6O14/c1-44-6-7-45-27-31-22(29)15-23(32-27)34(28(43)30-15)8-11-2-4-12(5-3-11)24(42)33-25-19(40)18(39)21(14(10-36)46-25)48-26-20(41)17(38)16(37)13(9-35)47-26/h2-5,13-14,16-21,25-26,35-41H,6-10H2,1H3,(H,30,43)(H,33,42)(H2,29,31,32)/t13-,14-,16+,17+,18-,19-,20-,21-,25?,26+/m1/s1. The predicted octanol–water partition coefficient (Wildman–Crippen LogP) is -4.87. The summed E-state index contributed by atoms with van der Waals surface area (Å²) in [6, 6.07) is 6.02. The highest BCUT2D eigenvalue weighted by Gasteiger charge is 2.50. The van der Waals surface area contributed by atoms with Crippen LogP contribution >= 0.6 is 0 Å². The lowest BCUT2D eigenvalue weighted by Gasteiger charge is -2.46. The van der Waals surface area contributed by atoms with Gasteiger partial charge in [-0.15, -0.1) is 0 Å². The number of nitrogens with zero attached hydrogens (tertiary/aromatic N) is 3. The lowest BCUT2D eigenvalue weighted by Crippen LogP contribution is -2.66. The van der Waals surface area contributed by atoms with Gasteiger partial charge in [0.1, 0.15) is 61.0 Å². The van der Waals surface area contributed by atoms with E-state index in [1.54, 1.807) is 12.1 Å². The number of aliphatic hydroxyl groups is 7. The van der Waals surface area contributed by atoms with Crippen LogP contribution in [0.5, 0.6) is 6.01 Å². The van der Waals surface area contributed by atoms with Crippen LogP contribution in [0.15, 0.2) is 29.1 Å². The molecule has 1 amide bonds. The Hall–Kier alpha value is -3.80. The third kappa shape index (κ3) is 7.28. The second-order valence-corrected chi connectivity index (χ2v) is 11.2. The summed E-state index contributed by atoms with van der Waals surface area (Å²) < 4.78 is 28.1. The average molecular weight is 683 g/mol. The van der Waals surface area contributed by atoms with Gasteiger partial charge in [0.15, 0.2) is 24.0 Å². The molecule has 0 aliphatic carbocycles. The number of imidazole rings is 1. The van der Waals surface area contributed by atoms with Crippen molar-refractivity contribution in [3.05, 3.63) is 45.9 Å². The van der Waals surface area contributed by atoms with Crippen LogP contribution in [0.2, 0.25) is 0 Å². The molecule has 10 atom stereocenters. The molecule has 20 nitrogen and oxygen atoms in total. The maximum Gasteiger partial charge on any atom is 0.328 e. The largest absolute Gasteiger partial charge is 0.461 e. The van der Waals surface area contributed by atoms with Gasteiger partial charge in [0, 0.05) is 12.7 Å². The summed E-state index contributed by atoms with van der Waals surface area (Å²) in [7, 11) is 1.51. The van der Waals surface area contributed by atoms with Crippen LogP contribution in [0.4, 0.5) is 5.82 Å². The Bertz CT molecular complexity index is 1600. The molecule has 5 rings (SSSR count). The molecule has 48 heavy (non-hydrogen) atoms. The summed E-state index contributed by atoms with van der Waals surface area (Å²) >= 11 is 0. The molecule has 1 aromatic carbocycles. The number of hydrogen-bond donors (Lipinski definition) is 10. The SMILES string of the molecule is COCCOc1nc(N)c2[nH]c(=O)n(Cc3ccc(C(=O)NC4O[C@H](CO)[C@@H](O[C@@H]5O[C@H](CO)[C@H](O)[C@H](O)[C@H]5O)[C@H](O)[C@H]4O)cc3)c2n1. The topological polar surface area (TPSA) is 306 Å². The van der Waals surface area contributed by atoms with Gasteiger partial charge in [-0.05, 0) is 17.7 Å². The first-order valence-corrected chi connectivity index (χ1v) is 14.8. The first-order chi connectivity index (χ1) is 23.0. The molecule has 0 radical (unpaired) electrons. The van der Waals surface area contributed by atoms with Crippen LogP contribution in [0.25, 0.3) is 11.2 Å². The number of H-pyrrole nitrogens is 1. The molecule has 264 valence electrons. The van der Waals surface area contributed by atoms with E-state index in [2.05, 4.69) is 20.3 Å². The van der Waals surface area contributed by atoms with Crippen molar-refractivity contribution in [1.82, 2.24) is 24.8 Å². The van der Waals surface area contributed by atoms with Crippen molar-refractivity contribution in [2.45, 2.75) is 67.9 Å². The Labute approximate surface area is 271 Å². The molecular weight excluding hydrogens is 644 g/mol. The average Bonchev–Trinajstić information content (AvgIpc) is 3.39. The zero-order valence-corrected chi connectivity index (χ0v) is 25.5. The van der Waals surface area contributed by atoms with Crippen LogP contribution < -0.4 is 21.5 Å². The maximum atomic E-state index is 13.1. The number of hydrogen-bond acceptors (Lipinski definition) is 17. The number of methoxy groups -OCH3 is 1. The first-order valence-electron chi connectivity index (χ1n) is 14.8. The number of nitrogen functional groups attached to an aromatic ring is 1. The van der Waals surface area contributed by atoms with E-state index in [0.717, 1.165) is 0 Å².